The summed E-state index contributed by atoms with van der Waals surface area (Å²) < 4.78 is 0. The van der Waals surface area contributed by atoms with Crippen molar-refractivity contribution in [2.24, 2.45) is 11.7 Å². The lowest BCUT2D eigenvalue weighted by atomic mass is 10.0. The predicted octanol–water partition coefficient (Wildman–Crippen LogP) is 1.46. The van der Waals surface area contributed by atoms with Gasteiger partial charge in [-0.25, -0.2) is 0 Å². The van der Waals surface area contributed by atoms with Gasteiger partial charge in [-0.1, -0.05) is 6.92 Å². The molecule has 0 fully saturated rings. The highest BCUT2D eigenvalue weighted by Crippen LogP contribution is 2.17. The highest BCUT2D eigenvalue weighted by Gasteiger charge is 2.26. The quantitative estimate of drug-likeness (QED) is 0.724. The number of aliphatic carboxylic acids is 1. The Morgan fingerprint density at radius 3 is 2.22 bits per heavy atom. The maximum Gasteiger partial charge on any atom is 0.305 e. The van der Waals surface area contributed by atoms with Crippen LogP contribution >= 0.6 is 0 Å². The number of carbonyl (C=O) groups excluding carboxylic acids is 1. The molecular formula is C13H26N2O3. The molecule has 5 heteroatoms. The first-order valence-corrected chi connectivity index (χ1v) is 6.40. The fourth-order valence-electron chi connectivity index (χ4n) is 1.66. The van der Waals surface area contributed by atoms with Gasteiger partial charge < -0.3 is 15.7 Å². The SMILES string of the molecule is CC(CN)CCC(=O)N(CCC(=O)O)C(C)(C)C. The van der Waals surface area contributed by atoms with Crippen LogP contribution in [-0.2, 0) is 9.59 Å². The lowest BCUT2D eigenvalue weighted by Gasteiger charge is -2.35. The van der Waals surface area contributed by atoms with Crippen LogP contribution in [0.15, 0.2) is 0 Å². The summed E-state index contributed by atoms with van der Waals surface area (Å²) in [7, 11) is 0. The summed E-state index contributed by atoms with van der Waals surface area (Å²) >= 11 is 0. The molecule has 0 aliphatic carbocycles. The molecule has 0 aromatic rings. The minimum absolute atomic E-state index is 0.00375. The Labute approximate surface area is 109 Å². The van der Waals surface area contributed by atoms with E-state index in [-0.39, 0.29) is 24.4 Å². The molecule has 1 unspecified atom stereocenters. The summed E-state index contributed by atoms with van der Waals surface area (Å²) in [6, 6.07) is 0. The van der Waals surface area contributed by atoms with Crippen molar-refractivity contribution in [3.63, 3.8) is 0 Å². The molecule has 18 heavy (non-hydrogen) atoms. The van der Waals surface area contributed by atoms with Crippen LogP contribution in [0.3, 0.4) is 0 Å². The molecule has 0 radical (unpaired) electrons. The second kappa shape index (κ2) is 7.36. The van der Waals surface area contributed by atoms with Gasteiger partial charge in [0.2, 0.25) is 5.91 Å². The van der Waals surface area contributed by atoms with Crippen LogP contribution in [0.5, 0.6) is 0 Å². The molecule has 1 amide bonds. The van der Waals surface area contributed by atoms with Gasteiger partial charge in [-0.05, 0) is 39.7 Å². The van der Waals surface area contributed by atoms with Crippen LogP contribution in [0.1, 0.15) is 47.0 Å². The topological polar surface area (TPSA) is 83.6 Å². The minimum Gasteiger partial charge on any atom is -0.481 e. The van der Waals surface area contributed by atoms with Crippen LogP contribution < -0.4 is 5.73 Å². The zero-order chi connectivity index (χ0) is 14.3. The summed E-state index contributed by atoms with van der Waals surface area (Å²) in [6.45, 7) is 8.58. The first kappa shape index (κ1) is 16.9. The van der Waals surface area contributed by atoms with E-state index >= 15 is 0 Å². The van der Waals surface area contributed by atoms with Gasteiger partial charge in [-0.15, -0.1) is 0 Å². The van der Waals surface area contributed by atoms with E-state index in [1.807, 2.05) is 27.7 Å². The van der Waals surface area contributed by atoms with Crippen molar-refractivity contribution in [2.75, 3.05) is 13.1 Å². The Hall–Kier alpha value is -1.10. The molecule has 3 N–H and O–H groups in total. The third-order valence-corrected chi connectivity index (χ3v) is 2.91. The molecule has 0 aromatic heterocycles. The summed E-state index contributed by atoms with van der Waals surface area (Å²) in [4.78, 5) is 24.4. The summed E-state index contributed by atoms with van der Waals surface area (Å²) in [6.07, 6.45) is 1.15. The molecule has 0 bridgehead atoms. The molecule has 0 rings (SSSR count). The van der Waals surface area contributed by atoms with Crippen molar-refractivity contribution in [3.05, 3.63) is 0 Å². The molecule has 5 nitrogen and oxygen atoms in total. The minimum atomic E-state index is -0.882. The van der Waals surface area contributed by atoms with Gasteiger partial charge >= 0.3 is 5.97 Å². The number of nitrogens with two attached hydrogens (primary N) is 1. The van der Waals surface area contributed by atoms with Crippen molar-refractivity contribution in [1.82, 2.24) is 4.90 Å². The van der Waals surface area contributed by atoms with Crippen LogP contribution in [0.4, 0.5) is 0 Å². The van der Waals surface area contributed by atoms with Gasteiger partial charge in [0.15, 0.2) is 0 Å². The second-order valence-corrected chi connectivity index (χ2v) is 5.74. The zero-order valence-corrected chi connectivity index (χ0v) is 11.9. The Kier molecular flexibility index (Phi) is 6.91. The van der Waals surface area contributed by atoms with Crippen molar-refractivity contribution >= 4 is 11.9 Å². The summed E-state index contributed by atoms with van der Waals surface area (Å²) in [5.74, 6) is -0.563. The largest absolute Gasteiger partial charge is 0.481 e. The molecule has 0 aromatic carbocycles. The third-order valence-electron chi connectivity index (χ3n) is 2.91. The summed E-state index contributed by atoms with van der Waals surface area (Å²) in [5, 5.41) is 8.71. The zero-order valence-electron chi connectivity index (χ0n) is 11.9. The lowest BCUT2D eigenvalue weighted by molar-refractivity contribution is -0.140. The molecule has 0 aliphatic rings. The van der Waals surface area contributed by atoms with Crippen LogP contribution in [-0.4, -0.2) is 40.5 Å². The molecule has 0 saturated carbocycles. The lowest BCUT2D eigenvalue weighted by Crippen LogP contribution is -2.46. The third kappa shape index (κ3) is 6.59. The highest BCUT2D eigenvalue weighted by molar-refractivity contribution is 5.77. The molecule has 0 saturated heterocycles. The molecular weight excluding hydrogens is 232 g/mol. The highest BCUT2D eigenvalue weighted by atomic mass is 16.4. The van der Waals surface area contributed by atoms with E-state index in [9.17, 15) is 9.59 Å². The molecule has 106 valence electrons. The van der Waals surface area contributed by atoms with Crippen molar-refractivity contribution in [3.8, 4) is 0 Å². The number of amides is 1. The van der Waals surface area contributed by atoms with E-state index in [1.54, 1.807) is 4.90 Å². The molecule has 0 spiro atoms. The van der Waals surface area contributed by atoms with Gasteiger partial charge in [-0.3, -0.25) is 9.59 Å². The van der Waals surface area contributed by atoms with E-state index in [1.165, 1.54) is 0 Å². The van der Waals surface area contributed by atoms with Crippen molar-refractivity contribution in [2.45, 2.75) is 52.5 Å². The number of rotatable bonds is 7. The van der Waals surface area contributed by atoms with E-state index in [0.29, 0.717) is 18.9 Å². The average molecular weight is 258 g/mol. The average Bonchev–Trinajstić information content (AvgIpc) is 2.23. The van der Waals surface area contributed by atoms with E-state index in [2.05, 4.69) is 0 Å². The number of carboxylic acid groups (broad SMARTS) is 1. The Morgan fingerprint density at radius 1 is 1.28 bits per heavy atom. The van der Waals surface area contributed by atoms with Gasteiger partial charge in [0.05, 0.1) is 6.42 Å². The van der Waals surface area contributed by atoms with Crippen LogP contribution in [0, 0.1) is 5.92 Å². The Bertz CT molecular complexity index is 284. The maximum absolute atomic E-state index is 12.1. The van der Waals surface area contributed by atoms with E-state index in [0.717, 1.165) is 6.42 Å². The number of hydrogen-bond acceptors (Lipinski definition) is 3. The van der Waals surface area contributed by atoms with Gasteiger partial charge in [0, 0.05) is 18.5 Å². The van der Waals surface area contributed by atoms with Crippen molar-refractivity contribution < 1.29 is 14.7 Å². The molecule has 1 atom stereocenters. The van der Waals surface area contributed by atoms with Crippen molar-refractivity contribution in [1.29, 1.82) is 0 Å². The standard InChI is InChI=1S/C13H26N2O3/c1-10(9-14)5-6-11(16)15(13(2,3)4)8-7-12(17)18/h10H,5-9,14H2,1-4H3,(H,17,18). The molecule has 0 heterocycles. The van der Waals surface area contributed by atoms with Crippen LogP contribution in [0.2, 0.25) is 0 Å². The first-order chi connectivity index (χ1) is 8.18. The Balaban J connectivity index is 4.46. The van der Waals surface area contributed by atoms with Gasteiger partial charge in [-0.2, -0.15) is 0 Å². The number of hydrogen-bond donors (Lipinski definition) is 2. The number of carbonyl (C=O) groups is 2. The monoisotopic (exact) mass is 258 g/mol. The molecule has 0 aliphatic heterocycles. The number of nitrogens with zero attached hydrogens (tertiary/aromatic N) is 1. The van der Waals surface area contributed by atoms with Gasteiger partial charge in [0.25, 0.3) is 0 Å². The fourth-order valence-corrected chi connectivity index (χ4v) is 1.66. The van der Waals surface area contributed by atoms with E-state index in [4.69, 9.17) is 10.8 Å². The van der Waals surface area contributed by atoms with Gasteiger partial charge in [0.1, 0.15) is 0 Å². The summed E-state index contributed by atoms with van der Waals surface area (Å²) in [5.41, 5.74) is 5.17. The Morgan fingerprint density at radius 2 is 1.83 bits per heavy atom. The number of carboxylic acids is 1. The van der Waals surface area contributed by atoms with Crippen LogP contribution in [0.25, 0.3) is 0 Å². The first-order valence-electron chi connectivity index (χ1n) is 6.40. The van der Waals surface area contributed by atoms with E-state index < -0.39 is 5.97 Å². The fraction of sp³-hybridized carbons (Fsp3) is 0.846. The maximum atomic E-state index is 12.1. The second-order valence-electron chi connectivity index (χ2n) is 5.74. The smallest absolute Gasteiger partial charge is 0.305 e. The predicted molar refractivity (Wildman–Crippen MR) is 71.2 cm³/mol. The normalized spacial score (nSPS) is 13.2.